The van der Waals surface area contributed by atoms with Gasteiger partial charge in [-0.25, -0.2) is 9.78 Å². The van der Waals surface area contributed by atoms with Gasteiger partial charge in [0.2, 0.25) is 0 Å². The predicted octanol–water partition coefficient (Wildman–Crippen LogP) is 0.337. The van der Waals surface area contributed by atoms with Gasteiger partial charge in [-0.2, -0.15) is 5.10 Å². The van der Waals surface area contributed by atoms with Gasteiger partial charge in [-0.15, -0.1) is 0 Å². The average Bonchev–Trinajstić information content (AvgIpc) is 2.90. The second-order valence-electron chi connectivity index (χ2n) is 2.97. The van der Waals surface area contributed by atoms with E-state index in [-0.39, 0.29) is 6.03 Å². The van der Waals surface area contributed by atoms with Crippen LogP contribution in [0.25, 0.3) is 0 Å². The standard InChI is InChI=1S/C9H11N5O/c15-9(13-6-3-10-8-13)11-4-7-14-5-1-2-12-14/h1-3,5-6,8H,4,7H2,(H,11,15). The Hall–Kier alpha value is -2.11. The van der Waals surface area contributed by atoms with Crippen LogP contribution < -0.4 is 5.32 Å². The van der Waals surface area contributed by atoms with E-state index in [1.807, 2.05) is 12.3 Å². The molecule has 2 rings (SSSR count). The number of nitrogens with one attached hydrogen (secondary N) is 1. The Morgan fingerprint density at radius 2 is 2.27 bits per heavy atom. The molecule has 0 saturated heterocycles. The molecule has 6 nitrogen and oxygen atoms in total. The van der Waals surface area contributed by atoms with E-state index in [1.165, 1.54) is 10.9 Å². The van der Waals surface area contributed by atoms with Crippen molar-refractivity contribution in [3.8, 4) is 0 Å². The van der Waals surface area contributed by atoms with Gasteiger partial charge in [0.1, 0.15) is 6.33 Å². The first-order chi connectivity index (χ1) is 7.36. The van der Waals surface area contributed by atoms with Crippen molar-refractivity contribution in [1.29, 1.82) is 0 Å². The minimum absolute atomic E-state index is 0.181. The molecule has 0 aromatic carbocycles. The Morgan fingerprint density at radius 3 is 2.93 bits per heavy atom. The fraction of sp³-hybridized carbons (Fsp3) is 0.222. The van der Waals surface area contributed by atoms with E-state index in [1.54, 1.807) is 23.3 Å². The molecule has 0 unspecified atom stereocenters. The molecule has 0 bridgehead atoms. The summed E-state index contributed by atoms with van der Waals surface area (Å²) in [7, 11) is 0. The van der Waals surface area contributed by atoms with Crippen LogP contribution in [0.1, 0.15) is 0 Å². The van der Waals surface area contributed by atoms with Gasteiger partial charge < -0.3 is 5.32 Å². The smallest absolute Gasteiger partial charge is 0.326 e. The third-order valence-corrected chi connectivity index (χ3v) is 1.92. The van der Waals surface area contributed by atoms with Crippen LogP contribution in [-0.4, -0.2) is 31.9 Å². The summed E-state index contributed by atoms with van der Waals surface area (Å²) in [6.07, 6.45) is 8.18. The summed E-state index contributed by atoms with van der Waals surface area (Å²) in [5, 5.41) is 6.77. The average molecular weight is 205 g/mol. The number of imidazole rings is 1. The highest BCUT2D eigenvalue weighted by Gasteiger charge is 2.01. The molecule has 0 aliphatic rings. The highest BCUT2D eigenvalue weighted by Crippen LogP contribution is 1.86. The SMILES string of the molecule is O=C(NCCn1cccn1)n1ccnc1. The Labute approximate surface area is 86.5 Å². The molecule has 1 amide bonds. The van der Waals surface area contributed by atoms with E-state index in [0.29, 0.717) is 13.1 Å². The van der Waals surface area contributed by atoms with Crippen molar-refractivity contribution in [3.05, 3.63) is 37.2 Å². The molecule has 0 atom stereocenters. The minimum Gasteiger partial charge on any atom is -0.336 e. The summed E-state index contributed by atoms with van der Waals surface area (Å²) in [6, 6.07) is 1.66. The first-order valence-corrected chi connectivity index (χ1v) is 4.60. The number of aromatic nitrogens is 4. The van der Waals surface area contributed by atoms with Crippen molar-refractivity contribution in [2.75, 3.05) is 6.54 Å². The maximum absolute atomic E-state index is 11.4. The molecule has 2 aromatic rings. The lowest BCUT2D eigenvalue weighted by Gasteiger charge is -2.04. The normalized spacial score (nSPS) is 10.1. The number of hydrogen-bond acceptors (Lipinski definition) is 3. The van der Waals surface area contributed by atoms with Crippen LogP contribution in [0.3, 0.4) is 0 Å². The van der Waals surface area contributed by atoms with Crippen LogP contribution in [0.4, 0.5) is 4.79 Å². The Morgan fingerprint density at radius 1 is 1.33 bits per heavy atom. The Kier molecular flexibility index (Phi) is 2.77. The first kappa shape index (κ1) is 9.45. The van der Waals surface area contributed by atoms with Crippen LogP contribution in [0.15, 0.2) is 37.2 Å². The van der Waals surface area contributed by atoms with E-state index >= 15 is 0 Å². The summed E-state index contributed by atoms with van der Waals surface area (Å²) >= 11 is 0. The molecule has 0 fully saturated rings. The largest absolute Gasteiger partial charge is 0.336 e. The monoisotopic (exact) mass is 205 g/mol. The third-order valence-electron chi connectivity index (χ3n) is 1.92. The molecule has 0 saturated carbocycles. The number of amides is 1. The molecule has 2 aromatic heterocycles. The van der Waals surface area contributed by atoms with E-state index in [4.69, 9.17) is 0 Å². The maximum atomic E-state index is 11.4. The summed E-state index contributed by atoms with van der Waals surface area (Å²) in [5.74, 6) is 0. The van der Waals surface area contributed by atoms with Crippen molar-refractivity contribution in [1.82, 2.24) is 24.6 Å². The Bertz CT molecular complexity index is 406. The second kappa shape index (κ2) is 4.41. The molecular weight excluding hydrogens is 194 g/mol. The zero-order valence-electron chi connectivity index (χ0n) is 8.08. The molecule has 2 heterocycles. The molecule has 0 radical (unpaired) electrons. The van der Waals surface area contributed by atoms with Gasteiger partial charge in [-0.3, -0.25) is 9.25 Å². The van der Waals surface area contributed by atoms with Crippen molar-refractivity contribution in [3.63, 3.8) is 0 Å². The molecule has 1 N–H and O–H groups in total. The first-order valence-electron chi connectivity index (χ1n) is 4.60. The maximum Gasteiger partial charge on any atom is 0.326 e. The highest BCUT2D eigenvalue weighted by atomic mass is 16.2. The van der Waals surface area contributed by atoms with Gasteiger partial charge in [0, 0.05) is 31.3 Å². The van der Waals surface area contributed by atoms with E-state index in [2.05, 4.69) is 15.4 Å². The lowest BCUT2D eigenvalue weighted by molar-refractivity contribution is 0.242. The van der Waals surface area contributed by atoms with Gasteiger partial charge in [0.05, 0.1) is 6.54 Å². The summed E-state index contributed by atoms with van der Waals surface area (Å²) in [5.41, 5.74) is 0. The van der Waals surface area contributed by atoms with E-state index in [0.717, 1.165) is 0 Å². The van der Waals surface area contributed by atoms with Gasteiger partial charge in [-0.1, -0.05) is 0 Å². The van der Waals surface area contributed by atoms with Crippen molar-refractivity contribution in [2.24, 2.45) is 0 Å². The quantitative estimate of drug-likeness (QED) is 0.785. The minimum atomic E-state index is -0.181. The van der Waals surface area contributed by atoms with Gasteiger partial charge in [-0.05, 0) is 6.07 Å². The van der Waals surface area contributed by atoms with Crippen molar-refractivity contribution >= 4 is 6.03 Å². The Balaban J connectivity index is 1.77. The topological polar surface area (TPSA) is 64.7 Å². The number of rotatable bonds is 3. The molecule has 78 valence electrons. The van der Waals surface area contributed by atoms with Crippen LogP contribution in [0.2, 0.25) is 0 Å². The third kappa shape index (κ3) is 2.43. The number of carbonyl (C=O) groups excluding carboxylic acids is 1. The van der Waals surface area contributed by atoms with E-state index < -0.39 is 0 Å². The molecule has 15 heavy (non-hydrogen) atoms. The van der Waals surface area contributed by atoms with Crippen molar-refractivity contribution in [2.45, 2.75) is 6.54 Å². The van der Waals surface area contributed by atoms with E-state index in [9.17, 15) is 4.79 Å². The zero-order chi connectivity index (χ0) is 10.5. The number of carbonyl (C=O) groups is 1. The van der Waals surface area contributed by atoms with Crippen LogP contribution in [0.5, 0.6) is 0 Å². The summed E-state index contributed by atoms with van der Waals surface area (Å²) in [4.78, 5) is 15.2. The van der Waals surface area contributed by atoms with Gasteiger partial charge in [0.25, 0.3) is 0 Å². The molecule has 0 aliphatic heterocycles. The molecule has 0 aliphatic carbocycles. The van der Waals surface area contributed by atoms with Crippen LogP contribution >= 0.6 is 0 Å². The fourth-order valence-corrected chi connectivity index (χ4v) is 1.18. The number of hydrogen-bond donors (Lipinski definition) is 1. The van der Waals surface area contributed by atoms with Crippen LogP contribution in [0, 0.1) is 0 Å². The lowest BCUT2D eigenvalue weighted by atomic mass is 10.6. The predicted molar refractivity (Wildman–Crippen MR) is 53.3 cm³/mol. The fourth-order valence-electron chi connectivity index (χ4n) is 1.18. The molecule has 0 spiro atoms. The molecular formula is C9H11N5O. The van der Waals surface area contributed by atoms with Crippen LogP contribution in [-0.2, 0) is 6.54 Å². The summed E-state index contributed by atoms with van der Waals surface area (Å²) < 4.78 is 3.15. The highest BCUT2D eigenvalue weighted by molar-refractivity contribution is 5.76. The molecule has 6 heteroatoms. The van der Waals surface area contributed by atoms with Gasteiger partial charge in [0.15, 0.2) is 0 Å². The summed E-state index contributed by atoms with van der Waals surface area (Å²) in [6.45, 7) is 1.20. The zero-order valence-corrected chi connectivity index (χ0v) is 8.08. The van der Waals surface area contributed by atoms with Crippen molar-refractivity contribution < 1.29 is 4.79 Å². The number of nitrogens with zero attached hydrogens (tertiary/aromatic N) is 4. The van der Waals surface area contributed by atoms with Gasteiger partial charge >= 0.3 is 6.03 Å². The second-order valence-corrected chi connectivity index (χ2v) is 2.97. The lowest BCUT2D eigenvalue weighted by Crippen LogP contribution is -2.30.